The average molecular weight is 503 g/mol. The number of hydrogen-bond acceptors (Lipinski definition) is 5. The Bertz CT molecular complexity index is 1170. The van der Waals surface area contributed by atoms with Gasteiger partial charge in [0.1, 0.15) is 12.2 Å². The van der Waals surface area contributed by atoms with E-state index in [1.165, 1.54) is 12.1 Å². The van der Waals surface area contributed by atoms with Gasteiger partial charge in [-0.15, -0.1) is 0 Å². The second-order valence-electron chi connectivity index (χ2n) is 8.11. The number of aromatic amines is 1. The lowest BCUT2D eigenvalue weighted by Crippen LogP contribution is -2.35. The molecule has 0 saturated carbocycles. The molecule has 5 N–H and O–H groups in total. The SMILES string of the molecule is CCN(CC)CCNC(=O)c1c(C)[nH]c(C=C2C(=O)Nc3ccc(F)cc32)c1C.O=C(O)CC(=O)O. The number of carbonyl (C=O) groups excluding carboxylic acids is 2. The number of hydrogen-bond donors (Lipinski definition) is 5. The highest BCUT2D eigenvalue weighted by Gasteiger charge is 2.26. The molecule has 1 aromatic heterocycles. The van der Waals surface area contributed by atoms with Gasteiger partial charge in [-0.1, -0.05) is 13.8 Å². The Labute approximate surface area is 208 Å². The van der Waals surface area contributed by atoms with Gasteiger partial charge in [0, 0.05) is 35.7 Å². The molecule has 0 saturated heterocycles. The third-order valence-electron chi connectivity index (χ3n) is 5.67. The van der Waals surface area contributed by atoms with E-state index < -0.39 is 24.2 Å². The molecule has 0 fully saturated rings. The molecule has 0 spiro atoms. The maximum Gasteiger partial charge on any atom is 0.314 e. The van der Waals surface area contributed by atoms with Crippen LogP contribution < -0.4 is 10.6 Å². The summed E-state index contributed by atoms with van der Waals surface area (Å²) < 4.78 is 13.7. The summed E-state index contributed by atoms with van der Waals surface area (Å²) in [6, 6.07) is 4.20. The highest BCUT2D eigenvalue weighted by Crippen LogP contribution is 2.34. The van der Waals surface area contributed by atoms with Gasteiger partial charge in [-0.3, -0.25) is 19.2 Å². The number of carbonyl (C=O) groups is 4. The number of carboxylic acids is 2. The zero-order chi connectivity index (χ0) is 27.0. The van der Waals surface area contributed by atoms with E-state index in [-0.39, 0.29) is 11.8 Å². The molecule has 2 heterocycles. The highest BCUT2D eigenvalue weighted by molar-refractivity contribution is 6.34. The summed E-state index contributed by atoms with van der Waals surface area (Å²) in [4.78, 5) is 49.3. The van der Waals surface area contributed by atoms with Crippen molar-refractivity contribution in [2.45, 2.75) is 34.1 Å². The van der Waals surface area contributed by atoms with Crippen LogP contribution in [0.2, 0.25) is 0 Å². The van der Waals surface area contributed by atoms with Gasteiger partial charge < -0.3 is 30.7 Å². The lowest BCUT2D eigenvalue weighted by Gasteiger charge is -2.18. The van der Waals surface area contributed by atoms with Crippen molar-refractivity contribution in [1.29, 1.82) is 0 Å². The van der Waals surface area contributed by atoms with Crippen LogP contribution >= 0.6 is 0 Å². The zero-order valence-electron chi connectivity index (χ0n) is 20.7. The number of nitrogens with one attached hydrogen (secondary N) is 3. The van der Waals surface area contributed by atoms with E-state index in [1.54, 1.807) is 12.1 Å². The van der Waals surface area contributed by atoms with Crippen molar-refractivity contribution < 1.29 is 33.8 Å². The number of amides is 2. The van der Waals surface area contributed by atoms with E-state index in [1.807, 2.05) is 13.8 Å². The summed E-state index contributed by atoms with van der Waals surface area (Å²) in [5, 5.41) is 21.1. The van der Waals surface area contributed by atoms with Crippen molar-refractivity contribution in [3.8, 4) is 0 Å². The minimum atomic E-state index is -1.31. The standard InChI is InChI=1S/C22H27FN4O2.C3H4O4/c1-5-27(6-2)10-9-24-22(29)20-13(3)19(25-14(20)4)12-17-16-11-15(23)7-8-18(16)26-21(17)28;4-2(5)1-3(6)7/h7-8,11-12,25H,5-6,9-10H2,1-4H3,(H,24,29)(H,26,28);1H2,(H,4,5)(H,6,7). The van der Waals surface area contributed by atoms with Crippen molar-refractivity contribution in [2.24, 2.45) is 0 Å². The first kappa shape index (κ1) is 28.2. The molecule has 194 valence electrons. The summed E-state index contributed by atoms with van der Waals surface area (Å²) in [5.41, 5.74) is 4.20. The van der Waals surface area contributed by atoms with E-state index in [9.17, 15) is 23.6 Å². The van der Waals surface area contributed by atoms with Crippen molar-refractivity contribution in [1.82, 2.24) is 15.2 Å². The second-order valence-corrected chi connectivity index (χ2v) is 8.11. The number of halogens is 1. The second kappa shape index (κ2) is 12.6. The van der Waals surface area contributed by atoms with Gasteiger partial charge in [-0.2, -0.15) is 0 Å². The lowest BCUT2D eigenvalue weighted by molar-refractivity contribution is -0.147. The third kappa shape index (κ3) is 7.25. The first-order valence-corrected chi connectivity index (χ1v) is 11.4. The number of likely N-dealkylation sites (N-methyl/N-ethyl adjacent to an activating group) is 1. The number of anilines is 1. The summed E-state index contributed by atoms with van der Waals surface area (Å²) in [6.07, 6.45) is 0.871. The molecule has 11 heteroatoms. The largest absolute Gasteiger partial charge is 0.481 e. The number of aromatic nitrogens is 1. The maximum atomic E-state index is 13.7. The van der Waals surface area contributed by atoms with Crippen molar-refractivity contribution in [3.63, 3.8) is 0 Å². The molecule has 3 rings (SSSR count). The summed E-state index contributed by atoms with van der Waals surface area (Å²) in [5.74, 6) is -3.46. The van der Waals surface area contributed by atoms with E-state index in [0.717, 1.165) is 30.9 Å². The number of aliphatic carboxylic acids is 2. The van der Waals surface area contributed by atoms with Gasteiger partial charge in [-0.05, 0) is 56.8 Å². The van der Waals surface area contributed by atoms with Crippen LogP contribution in [0.5, 0.6) is 0 Å². The molecule has 1 aliphatic heterocycles. The number of carboxylic acid groups (broad SMARTS) is 2. The molecule has 1 aromatic carbocycles. The van der Waals surface area contributed by atoms with Crippen LogP contribution in [-0.2, 0) is 14.4 Å². The average Bonchev–Trinajstić information content (AvgIpc) is 3.25. The number of aryl methyl sites for hydroxylation is 1. The summed E-state index contributed by atoms with van der Waals surface area (Å²) in [7, 11) is 0. The van der Waals surface area contributed by atoms with Gasteiger partial charge in [0.2, 0.25) is 0 Å². The van der Waals surface area contributed by atoms with E-state index in [2.05, 4.69) is 34.4 Å². The Morgan fingerprint density at radius 2 is 1.75 bits per heavy atom. The first-order chi connectivity index (χ1) is 17.0. The molecule has 2 amide bonds. The van der Waals surface area contributed by atoms with Gasteiger partial charge in [0.15, 0.2) is 0 Å². The Kier molecular flexibility index (Phi) is 9.92. The van der Waals surface area contributed by atoms with Crippen LogP contribution in [0.15, 0.2) is 18.2 Å². The van der Waals surface area contributed by atoms with Crippen LogP contribution in [0.3, 0.4) is 0 Å². The molecule has 2 aromatic rings. The van der Waals surface area contributed by atoms with Gasteiger partial charge in [0.25, 0.3) is 11.8 Å². The van der Waals surface area contributed by atoms with Crippen molar-refractivity contribution in [2.75, 3.05) is 31.5 Å². The molecule has 0 atom stereocenters. The molecular weight excluding hydrogens is 471 g/mol. The molecular formula is C25H31FN4O6. The van der Waals surface area contributed by atoms with Crippen LogP contribution in [0, 0.1) is 19.7 Å². The molecule has 10 nitrogen and oxygen atoms in total. The number of H-pyrrole nitrogens is 1. The number of nitrogens with zero attached hydrogens (tertiary/aromatic N) is 1. The third-order valence-corrected chi connectivity index (χ3v) is 5.67. The van der Waals surface area contributed by atoms with Crippen LogP contribution in [0.25, 0.3) is 11.6 Å². The molecule has 0 aliphatic carbocycles. The molecule has 0 unspecified atom stereocenters. The number of benzene rings is 1. The molecule has 0 bridgehead atoms. The fourth-order valence-electron chi connectivity index (χ4n) is 3.79. The van der Waals surface area contributed by atoms with Crippen LogP contribution in [0.1, 0.15) is 53.1 Å². The van der Waals surface area contributed by atoms with E-state index in [0.29, 0.717) is 34.6 Å². The highest BCUT2D eigenvalue weighted by atomic mass is 19.1. The van der Waals surface area contributed by atoms with Crippen molar-refractivity contribution in [3.05, 3.63) is 52.1 Å². The van der Waals surface area contributed by atoms with E-state index >= 15 is 0 Å². The minimum Gasteiger partial charge on any atom is -0.481 e. The number of fused-ring (bicyclic) bond motifs is 1. The van der Waals surface area contributed by atoms with Gasteiger partial charge in [-0.25, -0.2) is 4.39 Å². The lowest BCUT2D eigenvalue weighted by atomic mass is 10.0. The predicted octanol–water partition coefficient (Wildman–Crippen LogP) is 2.88. The van der Waals surface area contributed by atoms with Gasteiger partial charge in [0.05, 0.1) is 11.1 Å². The quantitative estimate of drug-likeness (QED) is 0.261. The molecule has 36 heavy (non-hydrogen) atoms. The Balaban J connectivity index is 0.000000572. The van der Waals surface area contributed by atoms with Crippen molar-refractivity contribution >= 4 is 41.1 Å². The predicted molar refractivity (Wildman–Crippen MR) is 133 cm³/mol. The smallest absolute Gasteiger partial charge is 0.314 e. The topological polar surface area (TPSA) is 152 Å². The monoisotopic (exact) mass is 502 g/mol. The fraction of sp³-hybridized carbons (Fsp3) is 0.360. The van der Waals surface area contributed by atoms with Crippen LogP contribution in [-0.4, -0.2) is 70.0 Å². The summed E-state index contributed by atoms with van der Waals surface area (Å²) in [6.45, 7) is 11.1. The Morgan fingerprint density at radius 1 is 1.11 bits per heavy atom. The normalized spacial score (nSPS) is 13.2. The number of rotatable bonds is 9. The minimum absolute atomic E-state index is 0.143. The molecule has 1 aliphatic rings. The first-order valence-electron chi connectivity index (χ1n) is 11.4. The zero-order valence-corrected chi connectivity index (χ0v) is 20.7. The van der Waals surface area contributed by atoms with Crippen LogP contribution in [0.4, 0.5) is 10.1 Å². The fourth-order valence-corrected chi connectivity index (χ4v) is 3.79. The van der Waals surface area contributed by atoms with E-state index in [4.69, 9.17) is 10.2 Å². The Hall–Kier alpha value is -3.99. The molecule has 0 radical (unpaired) electrons. The van der Waals surface area contributed by atoms with Gasteiger partial charge >= 0.3 is 11.9 Å². The maximum absolute atomic E-state index is 13.7. The summed E-state index contributed by atoms with van der Waals surface area (Å²) >= 11 is 0. The Morgan fingerprint density at radius 3 is 2.31 bits per heavy atom.